The van der Waals surface area contributed by atoms with Crippen LogP contribution in [-0.2, 0) is 9.53 Å². The van der Waals surface area contributed by atoms with Crippen molar-refractivity contribution in [3.05, 3.63) is 39.9 Å². The topological polar surface area (TPSA) is 86.5 Å². The van der Waals surface area contributed by atoms with E-state index in [1.54, 1.807) is 0 Å². The Balaban J connectivity index is 2.60. The van der Waals surface area contributed by atoms with E-state index in [0.29, 0.717) is 0 Å². The molecule has 18 heavy (non-hydrogen) atoms. The highest BCUT2D eigenvalue weighted by atomic mass is 16.6. The standard InChI is InChI=1S/C12H9NO5/c1-9(14)3-2-8-18-12(15)10-4-6-11(7-5-10)13(16)17/h4-7H,8H2,1H3. The van der Waals surface area contributed by atoms with Gasteiger partial charge in [-0.25, -0.2) is 4.79 Å². The van der Waals surface area contributed by atoms with E-state index in [4.69, 9.17) is 4.74 Å². The zero-order chi connectivity index (χ0) is 13.5. The van der Waals surface area contributed by atoms with Crippen molar-refractivity contribution >= 4 is 17.4 Å². The van der Waals surface area contributed by atoms with Gasteiger partial charge in [-0.1, -0.05) is 5.92 Å². The lowest BCUT2D eigenvalue weighted by Crippen LogP contribution is -2.05. The van der Waals surface area contributed by atoms with Crippen LogP contribution >= 0.6 is 0 Å². The number of hydrogen-bond acceptors (Lipinski definition) is 5. The zero-order valence-electron chi connectivity index (χ0n) is 9.50. The number of rotatable bonds is 3. The fourth-order valence-corrected chi connectivity index (χ4v) is 1.06. The Morgan fingerprint density at radius 1 is 1.33 bits per heavy atom. The highest BCUT2D eigenvalue weighted by Crippen LogP contribution is 2.12. The van der Waals surface area contributed by atoms with Crippen molar-refractivity contribution in [3.63, 3.8) is 0 Å². The zero-order valence-corrected chi connectivity index (χ0v) is 9.50. The molecule has 0 heterocycles. The third-order valence-electron chi connectivity index (χ3n) is 1.85. The molecule has 0 saturated heterocycles. The summed E-state index contributed by atoms with van der Waals surface area (Å²) < 4.78 is 4.74. The van der Waals surface area contributed by atoms with Gasteiger partial charge in [0, 0.05) is 19.1 Å². The molecule has 0 amide bonds. The lowest BCUT2D eigenvalue weighted by Gasteiger charge is -2.00. The lowest BCUT2D eigenvalue weighted by molar-refractivity contribution is -0.384. The molecule has 1 aromatic rings. The highest BCUT2D eigenvalue weighted by Gasteiger charge is 2.09. The van der Waals surface area contributed by atoms with Crippen molar-refractivity contribution in [2.24, 2.45) is 0 Å². The van der Waals surface area contributed by atoms with Gasteiger partial charge < -0.3 is 4.74 Å². The predicted octanol–water partition coefficient (Wildman–Crippen LogP) is 1.34. The smallest absolute Gasteiger partial charge is 0.339 e. The summed E-state index contributed by atoms with van der Waals surface area (Å²) in [5.74, 6) is 3.62. The van der Waals surface area contributed by atoms with E-state index in [0.717, 1.165) is 0 Å². The van der Waals surface area contributed by atoms with Crippen LogP contribution in [0, 0.1) is 22.0 Å². The Morgan fingerprint density at radius 3 is 2.44 bits per heavy atom. The molecule has 92 valence electrons. The van der Waals surface area contributed by atoms with Gasteiger partial charge in [-0.2, -0.15) is 0 Å². The van der Waals surface area contributed by atoms with Crippen molar-refractivity contribution in [2.45, 2.75) is 6.92 Å². The van der Waals surface area contributed by atoms with Gasteiger partial charge in [-0.3, -0.25) is 14.9 Å². The molecule has 0 unspecified atom stereocenters. The number of carbonyl (C=O) groups is 2. The SMILES string of the molecule is CC(=O)C#CCOC(=O)c1ccc([N+](=O)[O-])cc1. The van der Waals surface area contributed by atoms with Gasteiger partial charge in [0.2, 0.25) is 5.78 Å². The summed E-state index contributed by atoms with van der Waals surface area (Å²) in [6.45, 7) is 1.10. The summed E-state index contributed by atoms with van der Waals surface area (Å²) >= 11 is 0. The molecule has 0 aromatic heterocycles. The van der Waals surface area contributed by atoms with Gasteiger partial charge >= 0.3 is 5.97 Å². The number of nitro benzene ring substituents is 1. The van der Waals surface area contributed by atoms with Crippen LogP contribution in [0.3, 0.4) is 0 Å². The molecule has 0 atom stereocenters. The Morgan fingerprint density at radius 2 is 1.94 bits per heavy atom. The number of ketones is 1. The fraction of sp³-hybridized carbons (Fsp3) is 0.167. The molecule has 0 fully saturated rings. The second-order valence-corrected chi connectivity index (χ2v) is 3.24. The van der Waals surface area contributed by atoms with Crippen molar-refractivity contribution in [2.75, 3.05) is 6.61 Å². The van der Waals surface area contributed by atoms with E-state index >= 15 is 0 Å². The van der Waals surface area contributed by atoms with Crippen LogP contribution in [0.4, 0.5) is 5.69 Å². The maximum Gasteiger partial charge on any atom is 0.339 e. The summed E-state index contributed by atoms with van der Waals surface area (Å²) in [4.78, 5) is 31.7. The van der Waals surface area contributed by atoms with Crippen molar-refractivity contribution < 1.29 is 19.2 Å². The van der Waals surface area contributed by atoms with Crippen LogP contribution in [0.5, 0.6) is 0 Å². The number of nitro groups is 1. The van der Waals surface area contributed by atoms with Crippen molar-refractivity contribution in [3.8, 4) is 11.8 Å². The van der Waals surface area contributed by atoms with E-state index in [2.05, 4.69) is 11.8 Å². The third kappa shape index (κ3) is 4.06. The van der Waals surface area contributed by atoms with Crippen LogP contribution < -0.4 is 0 Å². The quantitative estimate of drug-likeness (QED) is 0.264. The second-order valence-electron chi connectivity index (χ2n) is 3.24. The van der Waals surface area contributed by atoms with E-state index < -0.39 is 10.9 Å². The van der Waals surface area contributed by atoms with Crippen LogP contribution in [0.15, 0.2) is 24.3 Å². The molecule has 0 saturated carbocycles. The summed E-state index contributed by atoms with van der Waals surface area (Å²) in [6, 6.07) is 4.99. The average molecular weight is 247 g/mol. The van der Waals surface area contributed by atoms with Crippen LogP contribution in [0.2, 0.25) is 0 Å². The Labute approximate surface area is 103 Å². The molecule has 0 aliphatic rings. The number of ether oxygens (including phenoxy) is 1. The molecule has 0 spiro atoms. The van der Waals surface area contributed by atoms with Crippen LogP contribution in [0.25, 0.3) is 0 Å². The number of nitrogens with zero attached hydrogens (tertiary/aromatic N) is 1. The van der Waals surface area contributed by atoms with Crippen LogP contribution in [0.1, 0.15) is 17.3 Å². The highest BCUT2D eigenvalue weighted by molar-refractivity contribution is 5.93. The van der Waals surface area contributed by atoms with Gasteiger partial charge in [0.1, 0.15) is 0 Å². The van der Waals surface area contributed by atoms with Gasteiger partial charge in [0.15, 0.2) is 6.61 Å². The monoisotopic (exact) mass is 247 g/mol. The number of esters is 1. The molecule has 1 aromatic carbocycles. The predicted molar refractivity (Wildman–Crippen MR) is 61.8 cm³/mol. The van der Waals surface area contributed by atoms with Crippen molar-refractivity contribution in [1.82, 2.24) is 0 Å². The molecule has 1 rings (SSSR count). The molecule has 0 N–H and O–H groups in total. The molecule has 0 aliphatic carbocycles. The van der Waals surface area contributed by atoms with E-state index in [9.17, 15) is 19.7 Å². The first-order chi connectivity index (χ1) is 8.50. The number of Topliss-reactive ketones (excluding diaryl/α,β-unsaturated/α-hetero) is 1. The minimum atomic E-state index is -0.650. The maximum absolute atomic E-state index is 11.4. The number of benzene rings is 1. The van der Waals surface area contributed by atoms with E-state index in [1.807, 2.05) is 0 Å². The average Bonchev–Trinajstić information content (AvgIpc) is 2.34. The van der Waals surface area contributed by atoms with Crippen LogP contribution in [-0.4, -0.2) is 23.3 Å². The van der Waals surface area contributed by atoms with Crippen molar-refractivity contribution in [1.29, 1.82) is 0 Å². The molecule has 0 bridgehead atoms. The first kappa shape index (κ1) is 13.4. The van der Waals surface area contributed by atoms with E-state index in [-0.39, 0.29) is 23.6 Å². The molecule has 0 radical (unpaired) electrons. The Kier molecular flexibility index (Phi) is 4.58. The number of non-ortho nitro benzene ring substituents is 1. The van der Waals surface area contributed by atoms with Gasteiger partial charge in [-0.15, -0.1) is 0 Å². The maximum atomic E-state index is 11.4. The second kappa shape index (κ2) is 6.15. The lowest BCUT2D eigenvalue weighted by atomic mass is 10.2. The third-order valence-corrected chi connectivity index (χ3v) is 1.85. The number of carbonyl (C=O) groups excluding carboxylic acids is 2. The molecule has 6 heteroatoms. The fourth-order valence-electron chi connectivity index (χ4n) is 1.06. The minimum absolute atomic E-state index is 0.108. The first-order valence-electron chi connectivity index (χ1n) is 4.91. The van der Waals surface area contributed by atoms with Gasteiger partial charge in [0.25, 0.3) is 5.69 Å². The number of hydrogen-bond donors (Lipinski definition) is 0. The summed E-state index contributed by atoms with van der Waals surface area (Å²) in [7, 11) is 0. The minimum Gasteiger partial charge on any atom is -0.449 e. The molecular formula is C12H9NO5. The molecule has 0 aliphatic heterocycles. The van der Waals surface area contributed by atoms with Gasteiger partial charge in [0.05, 0.1) is 10.5 Å². The Hall–Kier alpha value is -2.68. The largest absolute Gasteiger partial charge is 0.449 e. The normalized spacial score (nSPS) is 8.94. The Bertz CT molecular complexity index is 536. The summed E-state index contributed by atoms with van der Waals surface area (Å²) in [5, 5.41) is 10.4. The molecular weight excluding hydrogens is 238 g/mol. The van der Waals surface area contributed by atoms with Gasteiger partial charge in [-0.05, 0) is 18.1 Å². The molecule has 6 nitrogen and oxygen atoms in total. The summed E-state index contributed by atoms with van der Waals surface area (Å²) in [6.07, 6.45) is 0. The van der Waals surface area contributed by atoms with E-state index in [1.165, 1.54) is 31.2 Å². The summed E-state index contributed by atoms with van der Waals surface area (Å²) in [5.41, 5.74) is 0.0770. The first-order valence-corrected chi connectivity index (χ1v) is 4.91.